The normalized spacial score (nSPS) is 12.9. The number of hydrogen-bond donors (Lipinski definition) is 2. The van der Waals surface area contributed by atoms with E-state index in [4.69, 9.17) is 9.92 Å². The number of hydrogen-bond acceptors (Lipinski definition) is 3. The molecule has 2 N–H and O–H groups in total. The summed E-state index contributed by atoms with van der Waals surface area (Å²) in [7, 11) is 0. The van der Waals surface area contributed by atoms with Crippen LogP contribution in [0.1, 0.15) is 18.6 Å². The molecule has 0 aliphatic carbocycles. The van der Waals surface area contributed by atoms with Crippen LogP contribution in [-0.2, 0) is 4.18 Å². The molecular formula is C8H11NOS. The fraction of sp³-hybridized carbons (Fsp3) is 0.250. The Labute approximate surface area is 72.0 Å². The van der Waals surface area contributed by atoms with Crippen molar-refractivity contribution in [1.29, 1.82) is 0 Å². The van der Waals surface area contributed by atoms with Crippen LogP contribution in [0, 0.1) is 0 Å². The van der Waals surface area contributed by atoms with Gasteiger partial charge < -0.3 is 9.92 Å². The van der Waals surface area contributed by atoms with Crippen LogP contribution in [0.25, 0.3) is 0 Å². The number of anilines is 1. The predicted octanol–water partition coefficient (Wildman–Crippen LogP) is 2.19. The van der Waals surface area contributed by atoms with Crippen molar-refractivity contribution < 1.29 is 4.18 Å². The fourth-order valence-corrected chi connectivity index (χ4v) is 0.994. The van der Waals surface area contributed by atoms with E-state index in [0.29, 0.717) is 0 Å². The van der Waals surface area contributed by atoms with E-state index >= 15 is 0 Å². The zero-order valence-corrected chi connectivity index (χ0v) is 7.21. The Balaban J connectivity index is 2.86. The van der Waals surface area contributed by atoms with Gasteiger partial charge in [-0.2, -0.15) is 0 Å². The highest BCUT2D eigenvalue weighted by Gasteiger charge is 2.02. The van der Waals surface area contributed by atoms with Gasteiger partial charge in [-0.15, -0.1) is 0 Å². The second-order valence-electron chi connectivity index (χ2n) is 2.42. The quantitative estimate of drug-likeness (QED) is 0.404. The van der Waals surface area contributed by atoms with Gasteiger partial charge in [-0.05, 0) is 37.5 Å². The number of rotatable bonds is 2. The van der Waals surface area contributed by atoms with Crippen molar-refractivity contribution in [2.24, 2.45) is 0 Å². The van der Waals surface area contributed by atoms with Gasteiger partial charge in [0.2, 0.25) is 0 Å². The summed E-state index contributed by atoms with van der Waals surface area (Å²) >= 11 is 3.72. The van der Waals surface area contributed by atoms with E-state index < -0.39 is 0 Å². The second kappa shape index (κ2) is 3.64. The molecule has 1 atom stereocenters. The maximum Gasteiger partial charge on any atom is 0.0941 e. The van der Waals surface area contributed by atoms with Crippen LogP contribution in [0.4, 0.5) is 5.69 Å². The molecule has 0 amide bonds. The minimum Gasteiger partial charge on any atom is -0.399 e. The first-order chi connectivity index (χ1) is 5.24. The van der Waals surface area contributed by atoms with Crippen molar-refractivity contribution in [1.82, 2.24) is 0 Å². The third-order valence-corrected chi connectivity index (χ3v) is 1.85. The van der Waals surface area contributed by atoms with Gasteiger partial charge >= 0.3 is 0 Å². The second-order valence-corrected chi connectivity index (χ2v) is 2.63. The van der Waals surface area contributed by atoms with Crippen molar-refractivity contribution in [2.75, 3.05) is 5.73 Å². The SMILES string of the molecule is CC(OS)c1cccc(N)c1. The number of benzene rings is 1. The van der Waals surface area contributed by atoms with E-state index in [-0.39, 0.29) is 6.10 Å². The van der Waals surface area contributed by atoms with Crippen molar-refractivity contribution in [3.63, 3.8) is 0 Å². The Hall–Kier alpha value is -0.670. The average molecular weight is 169 g/mol. The molecule has 0 saturated heterocycles. The van der Waals surface area contributed by atoms with Gasteiger partial charge in [0.1, 0.15) is 0 Å². The topological polar surface area (TPSA) is 35.2 Å². The summed E-state index contributed by atoms with van der Waals surface area (Å²) < 4.78 is 4.83. The number of thiol groups is 1. The average Bonchev–Trinajstić information content (AvgIpc) is 2.03. The summed E-state index contributed by atoms with van der Waals surface area (Å²) in [6, 6.07) is 7.57. The molecule has 0 saturated carbocycles. The number of nitrogens with two attached hydrogens (primary N) is 1. The minimum atomic E-state index is -0.0122. The molecule has 0 fully saturated rings. The molecule has 3 heteroatoms. The third-order valence-electron chi connectivity index (χ3n) is 1.54. The molecule has 1 unspecified atom stereocenters. The van der Waals surface area contributed by atoms with Gasteiger partial charge in [0.25, 0.3) is 0 Å². The van der Waals surface area contributed by atoms with E-state index in [2.05, 4.69) is 12.9 Å². The maximum absolute atomic E-state index is 5.57. The first kappa shape index (κ1) is 8.43. The lowest BCUT2D eigenvalue weighted by atomic mass is 10.1. The maximum atomic E-state index is 5.57. The van der Waals surface area contributed by atoms with Crippen LogP contribution < -0.4 is 5.73 Å². The summed E-state index contributed by atoms with van der Waals surface area (Å²) in [6.45, 7) is 1.92. The molecule has 11 heavy (non-hydrogen) atoms. The molecule has 1 aromatic carbocycles. The number of nitrogen functional groups attached to an aromatic ring is 1. The molecule has 1 rings (SSSR count). The first-order valence-electron chi connectivity index (χ1n) is 3.39. The van der Waals surface area contributed by atoms with Gasteiger partial charge in [-0.3, -0.25) is 0 Å². The van der Waals surface area contributed by atoms with Crippen molar-refractivity contribution in [3.8, 4) is 0 Å². The summed E-state index contributed by atoms with van der Waals surface area (Å²) in [5, 5.41) is 0. The molecule has 2 nitrogen and oxygen atoms in total. The summed E-state index contributed by atoms with van der Waals surface area (Å²) in [6.07, 6.45) is -0.0122. The molecule has 0 aliphatic heterocycles. The van der Waals surface area contributed by atoms with Gasteiger partial charge in [0.15, 0.2) is 0 Å². The van der Waals surface area contributed by atoms with Crippen molar-refractivity contribution in [3.05, 3.63) is 29.8 Å². The van der Waals surface area contributed by atoms with Crippen molar-refractivity contribution in [2.45, 2.75) is 13.0 Å². The van der Waals surface area contributed by atoms with E-state index in [1.165, 1.54) is 0 Å². The Kier molecular flexibility index (Phi) is 2.79. The molecule has 0 bridgehead atoms. The van der Waals surface area contributed by atoms with Crippen LogP contribution in [0.15, 0.2) is 24.3 Å². The Morgan fingerprint density at radius 2 is 2.27 bits per heavy atom. The van der Waals surface area contributed by atoms with Gasteiger partial charge in [-0.25, -0.2) is 0 Å². The first-order valence-corrected chi connectivity index (χ1v) is 3.76. The molecule has 0 aliphatic rings. The lowest BCUT2D eigenvalue weighted by Gasteiger charge is -2.08. The lowest BCUT2D eigenvalue weighted by Crippen LogP contribution is -1.93. The Morgan fingerprint density at radius 1 is 1.55 bits per heavy atom. The van der Waals surface area contributed by atoms with Crippen LogP contribution in [0.2, 0.25) is 0 Å². The monoisotopic (exact) mass is 169 g/mol. The van der Waals surface area contributed by atoms with Gasteiger partial charge in [0, 0.05) is 5.69 Å². The zero-order chi connectivity index (χ0) is 8.27. The molecule has 0 heterocycles. The molecule has 60 valence electrons. The standard InChI is InChI=1S/C8H11NOS/c1-6(10-11)7-3-2-4-8(9)5-7/h2-6,11H,9H2,1H3. The largest absolute Gasteiger partial charge is 0.399 e. The fourth-order valence-electron chi connectivity index (χ4n) is 0.873. The third kappa shape index (κ3) is 2.13. The molecule has 0 radical (unpaired) electrons. The van der Waals surface area contributed by atoms with Gasteiger partial charge in [-0.1, -0.05) is 12.1 Å². The smallest absolute Gasteiger partial charge is 0.0941 e. The van der Waals surface area contributed by atoms with E-state index in [1.54, 1.807) is 0 Å². The lowest BCUT2D eigenvalue weighted by molar-refractivity contribution is 0.279. The van der Waals surface area contributed by atoms with Crippen LogP contribution >= 0.6 is 12.9 Å². The van der Waals surface area contributed by atoms with E-state index in [9.17, 15) is 0 Å². The van der Waals surface area contributed by atoms with Crippen LogP contribution in [-0.4, -0.2) is 0 Å². The zero-order valence-electron chi connectivity index (χ0n) is 6.32. The minimum absolute atomic E-state index is 0.0122. The summed E-state index contributed by atoms with van der Waals surface area (Å²) in [5.74, 6) is 0. The van der Waals surface area contributed by atoms with E-state index in [1.807, 2.05) is 31.2 Å². The highest BCUT2D eigenvalue weighted by Crippen LogP contribution is 2.19. The Bertz CT molecular complexity index is 239. The van der Waals surface area contributed by atoms with Crippen LogP contribution in [0.5, 0.6) is 0 Å². The highest BCUT2D eigenvalue weighted by molar-refractivity contribution is 7.75. The summed E-state index contributed by atoms with van der Waals surface area (Å²) in [4.78, 5) is 0. The molecule has 0 spiro atoms. The van der Waals surface area contributed by atoms with Gasteiger partial charge in [0.05, 0.1) is 6.10 Å². The van der Waals surface area contributed by atoms with Crippen molar-refractivity contribution >= 4 is 18.6 Å². The van der Waals surface area contributed by atoms with E-state index in [0.717, 1.165) is 11.3 Å². The highest BCUT2D eigenvalue weighted by atomic mass is 32.1. The Morgan fingerprint density at radius 3 is 2.82 bits per heavy atom. The summed E-state index contributed by atoms with van der Waals surface area (Å²) in [5.41, 5.74) is 7.36. The molecule has 0 aromatic heterocycles. The predicted molar refractivity (Wildman–Crippen MR) is 49.3 cm³/mol. The van der Waals surface area contributed by atoms with Crippen LogP contribution in [0.3, 0.4) is 0 Å². The molecule has 1 aromatic rings. The molecular weight excluding hydrogens is 158 g/mol.